The van der Waals surface area contributed by atoms with Gasteiger partial charge in [-0.1, -0.05) is 13.3 Å². The Hall–Kier alpha value is -0.650. The number of ether oxygens (including phenoxy) is 1. The van der Waals surface area contributed by atoms with Crippen LogP contribution >= 0.6 is 0 Å². The number of morpholine rings is 1. The summed E-state index contributed by atoms with van der Waals surface area (Å²) in [6.07, 6.45) is 4.36. The van der Waals surface area contributed by atoms with E-state index >= 15 is 0 Å². The zero-order valence-electron chi connectivity index (χ0n) is 14.5. The molecule has 0 aromatic heterocycles. The van der Waals surface area contributed by atoms with Gasteiger partial charge in [0, 0.05) is 38.3 Å². The molecule has 5 nitrogen and oxygen atoms in total. The van der Waals surface area contributed by atoms with Crippen LogP contribution in [0.15, 0.2) is 0 Å². The fraction of sp³-hybridized carbons (Fsp3) is 0.941. The Morgan fingerprint density at radius 2 is 2.00 bits per heavy atom. The summed E-state index contributed by atoms with van der Waals surface area (Å²) in [5, 5.41) is 3.21. The molecule has 2 aliphatic rings. The SMILES string of the molecule is CCCCN1CCC(NC(=O)[C@H]2CN(C(C)C)CCO2)CC1. The monoisotopic (exact) mass is 311 g/mol. The Bertz CT molecular complexity index is 341. The first-order chi connectivity index (χ1) is 10.6. The maximum absolute atomic E-state index is 12.4. The molecule has 2 saturated heterocycles. The normalized spacial score (nSPS) is 25.5. The van der Waals surface area contributed by atoms with Crippen molar-refractivity contribution in [3.63, 3.8) is 0 Å². The largest absolute Gasteiger partial charge is 0.366 e. The summed E-state index contributed by atoms with van der Waals surface area (Å²) in [7, 11) is 0. The lowest BCUT2D eigenvalue weighted by Gasteiger charge is -2.36. The van der Waals surface area contributed by atoms with Crippen LogP contribution in [0.25, 0.3) is 0 Å². The molecule has 128 valence electrons. The van der Waals surface area contributed by atoms with E-state index in [1.807, 2.05) is 0 Å². The van der Waals surface area contributed by atoms with Crippen LogP contribution in [0, 0.1) is 0 Å². The molecule has 0 bridgehead atoms. The van der Waals surface area contributed by atoms with Crippen molar-refractivity contribution in [1.82, 2.24) is 15.1 Å². The van der Waals surface area contributed by atoms with Crippen LogP contribution in [0.2, 0.25) is 0 Å². The molecule has 0 unspecified atom stereocenters. The van der Waals surface area contributed by atoms with E-state index in [0.29, 0.717) is 18.7 Å². The van der Waals surface area contributed by atoms with Gasteiger partial charge in [0.1, 0.15) is 6.10 Å². The van der Waals surface area contributed by atoms with E-state index in [1.54, 1.807) is 0 Å². The predicted octanol–water partition coefficient (Wildman–Crippen LogP) is 1.48. The second kappa shape index (κ2) is 8.85. The van der Waals surface area contributed by atoms with Crippen LogP contribution in [0.3, 0.4) is 0 Å². The van der Waals surface area contributed by atoms with Crippen LogP contribution in [0.4, 0.5) is 0 Å². The summed E-state index contributed by atoms with van der Waals surface area (Å²) in [5.74, 6) is 0.0809. The van der Waals surface area contributed by atoms with Gasteiger partial charge in [-0.25, -0.2) is 0 Å². The lowest BCUT2D eigenvalue weighted by Crippen LogP contribution is -2.54. The molecular weight excluding hydrogens is 278 g/mol. The minimum Gasteiger partial charge on any atom is -0.366 e. The van der Waals surface area contributed by atoms with Crippen molar-refractivity contribution in [2.75, 3.05) is 39.3 Å². The topological polar surface area (TPSA) is 44.8 Å². The second-order valence-electron chi connectivity index (χ2n) is 6.93. The smallest absolute Gasteiger partial charge is 0.250 e. The number of nitrogens with zero attached hydrogens (tertiary/aromatic N) is 2. The number of amides is 1. The number of piperidine rings is 1. The van der Waals surface area contributed by atoms with Crippen molar-refractivity contribution in [3.05, 3.63) is 0 Å². The minimum atomic E-state index is -0.297. The summed E-state index contributed by atoms with van der Waals surface area (Å²) >= 11 is 0. The molecule has 0 aliphatic carbocycles. The summed E-state index contributed by atoms with van der Waals surface area (Å²) in [5.41, 5.74) is 0. The van der Waals surface area contributed by atoms with Crippen molar-refractivity contribution in [1.29, 1.82) is 0 Å². The standard InChI is InChI=1S/C17H33N3O2/c1-4-5-8-19-9-6-15(7-10-19)18-17(21)16-13-20(14(2)3)11-12-22-16/h14-16H,4-13H2,1-3H3,(H,18,21)/t16-/m1/s1. The van der Waals surface area contributed by atoms with E-state index in [1.165, 1.54) is 19.4 Å². The summed E-state index contributed by atoms with van der Waals surface area (Å²) in [6.45, 7) is 12.3. The van der Waals surface area contributed by atoms with Gasteiger partial charge in [-0.05, 0) is 39.7 Å². The number of rotatable bonds is 6. The molecule has 2 rings (SSSR count). The minimum absolute atomic E-state index is 0.0809. The first kappa shape index (κ1) is 17.7. The average molecular weight is 311 g/mol. The Labute approximate surface area is 135 Å². The van der Waals surface area contributed by atoms with Crippen LogP contribution in [0.1, 0.15) is 46.5 Å². The van der Waals surface area contributed by atoms with Crippen molar-refractivity contribution >= 4 is 5.91 Å². The highest BCUT2D eigenvalue weighted by Gasteiger charge is 2.30. The second-order valence-corrected chi connectivity index (χ2v) is 6.93. The molecule has 2 heterocycles. The van der Waals surface area contributed by atoms with Gasteiger partial charge >= 0.3 is 0 Å². The molecule has 0 aromatic rings. The van der Waals surface area contributed by atoms with Gasteiger partial charge in [-0.3, -0.25) is 9.69 Å². The average Bonchev–Trinajstić information content (AvgIpc) is 2.54. The van der Waals surface area contributed by atoms with Gasteiger partial charge < -0.3 is 15.0 Å². The lowest BCUT2D eigenvalue weighted by atomic mass is 10.0. The van der Waals surface area contributed by atoms with Crippen LogP contribution in [-0.2, 0) is 9.53 Å². The van der Waals surface area contributed by atoms with E-state index in [9.17, 15) is 4.79 Å². The van der Waals surface area contributed by atoms with Crippen LogP contribution in [0.5, 0.6) is 0 Å². The maximum atomic E-state index is 12.4. The number of hydrogen-bond donors (Lipinski definition) is 1. The zero-order valence-corrected chi connectivity index (χ0v) is 14.5. The number of unbranched alkanes of at least 4 members (excludes halogenated alkanes) is 1. The number of hydrogen-bond acceptors (Lipinski definition) is 4. The fourth-order valence-electron chi connectivity index (χ4n) is 3.27. The molecule has 2 aliphatic heterocycles. The highest BCUT2D eigenvalue weighted by molar-refractivity contribution is 5.81. The maximum Gasteiger partial charge on any atom is 0.250 e. The number of carbonyl (C=O) groups excluding carboxylic acids is 1. The first-order valence-electron chi connectivity index (χ1n) is 8.98. The fourth-order valence-corrected chi connectivity index (χ4v) is 3.27. The van der Waals surface area contributed by atoms with Crippen molar-refractivity contribution in [2.24, 2.45) is 0 Å². The third-order valence-electron chi connectivity index (χ3n) is 4.88. The van der Waals surface area contributed by atoms with Gasteiger partial charge in [-0.15, -0.1) is 0 Å². The van der Waals surface area contributed by atoms with Gasteiger partial charge in [0.2, 0.25) is 0 Å². The molecular formula is C17H33N3O2. The molecule has 0 saturated carbocycles. The molecule has 0 aromatic carbocycles. The van der Waals surface area contributed by atoms with Crippen molar-refractivity contribution < 1.29 is 9.53 Å². The van der Waals surface area contributed by atoms with Crippen LogP contribution in [-0.4, -0.2) is 73.2 Å². The van der Waals surface area contributed by atoms with Gasteiger partial charge in [0.15, 0.2) is 0 Å². The number of carbonyl (C=O) groups is 1. The third-order valence-corrected chi connectivity index (χ3v) is 4.88. The highest BCUT2D eigenvalue weighted by atomic mass is 16.5. The quantitative estimate of drug-likeness (QED) is 0.807. The van der Waals surface area contributed by atoms with Gasteiger partial charge in [0.05, 0.1) is 6.61 Å². The summed E-state index contributed by atoms with van der Waals surface area (Å²) in [4.78, 5) is 17.2. The van der Waals surface area contributed by atoms with Crippen molar-refractivity contribution in [2.45, 2.75) is 64.6 Å². The molecule has 1 atom stereocenters. The zero-order chi connectivity index (χ0) is 15.9. The first-order valence-corrected chi connectivity index (χ1v) is 8.98. The molecule has 22 heavy (non-hydrogen) atoms. The molecule has 1 N–H and O–H groups in total. The molecule has 2 fully saturated rings. The molecule has 0 radical (unpaired) electrons. The third kappa shape index (κ3) is 5.21. The van der Waals surface area contributed by atoms with Gasteiger partial charge in [-0.2, -0.15) is 0 Å². The van der Waals surface area contributed by atoms with Crippen LogP contribution < -0.4 is 5.32 Å². The van der Waals surface area contributed by atoms with E-state index < -0.39 is 0 Å². The van der Waals surface area contributed by atoms with Crippen molar-refractivity contribution in [3.8, 4) is 0 Å². The van der Waals surface area contributed by atoms with E-state index in [4.69, 9.17) is 4.74 Å². The molecule has 1 amide bonds. The number of likely N-dealkylation sites (tertiary alicyclic amines) is 1. The number of nitrogens with one attached hydrogen (secondary N) is 1. The van der Waals surface area contributed by atoms with E-state index in [2.05, 4.69) is 35.9 Å². The van der Waals surface area contributed by atoms with Gasteiger partial charge in [0.25, 0.3) is 5.91 Å². The Kier molecular flexibility index (Phi) is 7.12. The Morgan fingerprint density at radius 1 is 1.27 bits per heavy atom. The van der Waals surface area contributed by atoms with E-state index in [-0.39, 0.29) is 12.0 Å². The highest BCUT2D eigenvalue weighted by Crippen LogP contribution is 2.13. The summed E-state index contributed by atoms with van der Waals surface area (Å²) < 4.78 is 5.67. The molecule has 5 heteroatoms. The predicted molar refractivity (Wildman–Crippen MR) is 89.0 cm³/mol. The van der Waals surface area contributed by atoms with E-state index in [0.717, 1.165) is 39.0 Å². The molecule has 0 spiro atoms. The Morgan fingerprint density at radius 3 is 2.64 bits per heavy atom. The lowest BCUT2D eigenvalue weighted by molar-refractivity contribution is -0.140. The Balaban J connectivity index is 1.71. The summed E-state index contributed by atoms with van der Waals surface area (Å²) in [6, 6.07) is 0.796.